The molecule has 5 heteroatoms. The second-order valence-corrected chi connectivity index (χ2v) is 6.66. The summed E-state index contributed by atoms with van der Waals surface area (Å²) >= 11 is 5.93. The maximum absolute atomic E-state index is 13.5. The molecule has 110 valence electrons. The van der Waals surface area contributed by atoms with Gasteiger partial charge in [0.05, 0.1) is 5.54 Å². The van der Waals surface area contributed by atoms with Gasteiger partial charge in [0, 0.05) is 29.3 Å². The van der Waals surface area contributed by atoms with Gasteiger partial charge in [0.2, 0.25) is 0 Å². The fourth-order valence-corrected chi connectivity index (χ4v) is 4.04. The molecule has 0 aliphatic carbocycles. The van der Waals surface area contributed by atoms with E-state index in [1.807, 2.05) is 0 Å². The molecule has 0 radical (unpaired) electrons. The normalized spacial score (nSPS) is 33.4. The van der Waals surface area contributed by atoms with Crippen LogP contribution in [0.1, 0.15) is 25.7 Å². The van der Waals surface area contributed by atoms with Crippen molar-refractivity contribution in [3.05, 3.63) is 29.0 Å². The molecular weight excluding hydrogens is 277 g/mol. The minimum absolute atomic E-state index is 0.143. The fourth-order valence-electron chi connectivity index (χ4n) is 3.82. The Morgan fingerprint density at radius 2 is 2.00 bits per heavy atom. The molecule has 2 saturated heterocycles. The SMILES string of the molecule is CN1C2CCC1CC(CN)(Nc1cc(F)cc(Cl)c1)C2. The van der Waals surface area contributed by atoms with E-state index >= 15 is 0 Å². The van der Waals surface area contributed by atoms with Gasteiger partial charge in [0.25, 0.3) is 0 Å². The Balaban J connectivity index is 1.83. The van der Waals surface area contributed by atoms with Crippen LogP contribution in [0, 0.1) is 5.82 Å². The molecule has 2 aliphatic rings. The van der Waals surface area contributed by atoms with Crippen LogP contribution in [0.4, 0.5) is 10.1 Å². The molecule has 2 atom stereocenters. The van der Waals surface area contributed by atoms with Crippen LogP contribution in [-0.2, 0) is 0 Å². The van der Waals surface area contributed by atoms with Gasteiger partial charge in [-0.2, -0.15) is 0 Å². The van der Waals surface area contributed by atoms with Crippen molar-refractivity contribution in [3.8, 4) is 0 Å². The smallest absolute Gasteiger partial charge is 0.126 e. The molecule has 0 aromatic heterocycles. The molecule has 2 bridgehead atoms. The van der Waals surface area contributed by atoms with Crippen LogP contribution in [0.25, 0.3) is 0 Å². The molecule has 2 unspecified atom stereocenters. The van der Waals surface area contributed by atoms with Crippen molar-refractivity contribution in [1.29, 1.82) is 0 Å². The van der Waals surface area contributed by atoms with Gasteiger partial charge in [0.1, 0.15) is 5.82 Å². The van der Waals surface area contributed by atoms with Crippen molar-refractivity contribution in [2.24, 2.45) is 5.73 Å². The van der Waals surface area contributed by atoms with Crippen molar-refractivity contribution in [2.75, 3.05) is 18.9 Å². The number of nitrogens with zero attached hydrogens (tertiary/aromatic N) is 1. The van der Waals surface area contributed by atoms with Gasteiger partial charge in [0.15, 0.2) is 0 Å². The standard InChI is InChI=1S/C15H21ClFN3/c1-20-13-2-3-14(20)8-15(7-13,9-18)19-12-5-10(16)4-11(17)6-12/h4-6,13-14,19H,2-3,7-9,18H2,1H3. The number of halogens is 2. The van der Waals surface area contributed by atoms with Gasteiger partial charge in [-0.25, -0.2) is 4.39 Å². The molecule has 3 N–H and O–H groups in total. The number of nitrogens with one attached hydrogen (secondary N) is 1. The molecule has 0 amide bonds. The Hall–Kier alpha value is -0.840. The summed E-state index contributed by atoms with van der Waals surface area (Å²) in [6.07, 6.45) is 4.47. The van der Waals surface area contributed by atoms with Crippen molar-refractivity contribution in [2.45, 2.75) is 43.3 Å². The molecule has 3 nitrogen and oxygen atoms in total. The monoisotopic (exact) mass is 297 g/mol. The summed E-state index contributed by atoms with van der Waals surface area (Å²) in [5, 5.41) is 3.88. The zero-order chi connectivity index (χ0) is 14.3. The lowest BCUT2D eigenvalue weighted by atomic mass is 9.82. The maximum Gasteiger partial charge on any atom is 0.126 e. The summed E-state index contributed by atoms with van der Waals surface area (Å²) in [4.78, 5) is 2.47. The lowest BCUT2D eigenvalue weighted by Crippen LogP contribution is -2.57. The van der Waals surface area contributed by atoms with Crippen LogP contribution in [0.5, 0.6) is 0 Å². The third-order valence-corrected chi connectivity index (χ3v) is 5.12. The molecule has 2 heterocycles. The van der Waals surface area contributed by atoms with Crippen molar-refractivity contribution in [1.82, 2.24) is 4.90 Å². The molecule has 20 heavy (non-hydrogen) atoms. The highest BCUT2D eigenvalue weighted by atomic mass is 35.5. The topological polar surface area (TPSA) is 41.3 Å². The van der Waals surface area contributed by atoms with Crippen molar-refractivity contribution >= 4 is 17.3 Å². The molecule has 3 rings (SSSR count). The Morgan fingerprint density at radius 1 is 1.35 bits per heavy atom. The van der Waals surface area contributed by atoms with Gasteiger partial charge in [-0.3, -0.25) is 0 Å². The van der Waals surface area contributed by atoms with Gasteiger partial charge in [-0.1, -0.05) is 11.6 Å². The summed E-state index contributed by atoms with van der Waals surface area (Å²) in [7, 11) is 2.20. The number of piperidine rings is 1. The third kappa shape index (κ3) is 2.52. The second kappa shape index (κ2) is 5.17. The van der Waals surface area contributed by atoms with E-state index in [4.69, 9.17) is 17.3 Å². The van der Waals surface area contributed by atoms with E-state index in [0.717, 1.165) is 18.5 Å². The largest absolute Gasteiger partial charge is 0.378 e. The lowest BCUT2D eigenvalue weighted by Gasteiger charge is -2.45. The van der Waals surface area contributed by atoms with E-state index in [1.54, 1.807) is 6.07 Å². The number of benzene rings is 1. The van der Waals surface area contributed by atoms with Crippen LogP contribution in [-0.4, -0.2) is 36.1 Å². The number of anilines is 1. The maximum atomic E-state index is 13.5. The van der Waals surface area contributed by atoms with Gasteiger partial charge in [-0.05, 0) is 50.9 Å². The Bertz CT molecular complexity index is 474. The number of fused-ring (bicyclic) bond motifs is 2. The first kappa shape index (κ1) is 14.1. The summed E-state index contributed by atoms with van der Waals surface area (Å²) in [5.41, 5.74) is 6.64. The van der Waals surface area contributed by atoms with E-state index in [2.05, 4.69) is 17.3 Å². The van der Waals surface area contributed by atoms with Gasteiger partial charge >= 0.3 is 0 Å². The molecule has 0 saturated carbocycles. The van der Waals surface area contributed by atoms with E-state index in [0.29, 0.717) is 23.7 Å². The molecule has 1 aromatic rings. The average Bonchev–Trinajstić information content (AvgIpc) is 2.61. The summed E-state index contributed by atoms with van der Waals surface area (Å²) in [6, 6.07) is 5.73. The molecule has 2 aliphatic heterocycles. The first-order valence-electron chi connectivity index (χ1n) is 7.18. The second-order valence-electron chi connectivity index (χ2n) is 6.23. The Kier molecular flexibility index (Phi) is 3.65. The molecule has 1 aromatic carbocycles. The van der Waals surface area contributed by atoms with Gasteiger partial charge < -0.3 is 16.0 Å². The summed E-state index contributed by atoms with van der Waals surface area (Å²) < 4.78 is 13.5. The number of hydrogen-bond acceptors (Lipinski definition) is 3. The molecule has 0 spiro atoms. The summed E-state index contributed by atoms with van der Waals surface area (Å²) in [5.74, 6) is -0.317. The minimum Gasteiger partial charge on any atom is -0.378 e. The third-order valence-electron chi connectivity index (χ3n) is 4.90. The van der Waals surface area contributed by atoms with Crippen LogP contribution in [0.2, 0.25) is 5.02 Å². The van der Waals surface area contributed by atoms with E-state index in [9.17, 15) is 4.39 Å². The zero-order valence-electron chi connectivity index (χ0n) is 11.7. The average molecular weight is 298 g/mol. The van der Waals surface area contributed by atoms with Crippen LogP contribution in [0.15, 0.2) is 18.2 Å². The predicted octanol–water partition coefficient (Wildman–Crippen LogP) is 2.85. The number of rotatable bonds is 3. The van der Waals surface area contributed by atoms with E-state index in [1.165, 1.54) is 25.0 Å². The highest BCUT2D eigenvalue weighted by Gasteiger charge is 2.46. The van der Waals surface area contributed by atoms with Crippen LogP contribution < -0.4 is 11.1 Å². The van der Waals surface area contributed by atoms with Crippen LogP contribution in [0.3, 0.4) is 0 Å². The van der Waals surface area contributed by atoms with Crippen molar-refractivity contribution < 1.29 is 4.39 Å². The first-order chi connectivity index (χ1) is 9.51. The predicted molar refractivity (Wildman–Crippen MR) is 80.6 cm³/mol. The first-order valence-corrected chi connectivity index (χ1v) is 7.55. The lowest BCUT2D eigenvalue weighted by molar-refractivity contribution is 0.127. The zero-order valence-corrected chi connectivity index (χ0v) is 12.5. The van der Waals surface area contributed by atoms with E-state index in [-0.39, 0.29) is 11.4 Å². The van der Waals surface area contributed by atoms with Crippen LogP contribution >= 0.6 is 11.6 Å². The molecular formula is C15H21ClFN3. The number of nitrogens with two attached hydrogens (primary N) is 1. The highest BCUT2D eigenvalue weighted by Crippen LogP contribution is 2.41. The fraction of sp³-hybridized carbons (Fsp3) is 0.600. The van der Waals surface area contributed by atoms with Crippen molar-refractivity contribution in [3.63, 3.8) is 0 Å². The number of hydrogen-bond donors (Lipinski definition) is 2. The Morgan fingerprint density at radius 3 is 2.55 bits per heavy atom. The highest BCUT2D eigenvalue weighted by molar-refractivity contribution is 6.30. The minimum atomic E-state index is -0.317. The molecule has 2 fully saturated rings. The quantitative estimate of drug-likeness (QED) is 0.901. The van der Waals surface area contributed by atoms with E-state index < -0.39 is 0 Å². The van der Waals surface area contributed by atoms with Gasteiger partial charge in [-0.15, -0.1) is 0 Å². The summed E-state index contributed by atoms with van der Waals surface area (Å²) in [6.45, 7) is 0.558. The Labute approximate surface area is 124 Å².